The van der Waals surface area contributed by atoms with Crippen molar-refractivity contribution >= 4 is 24.3 Å². The Kier molecular flexibility index (Phi) is 8.76. The molecular weight excluding hydrogens is 284 g/mol. The molecule has 7 heteroatoms. The van der Waals surface area contributed by atoms with Crippen LogP contribution in [-0.4, -0.2) is 51.3 Å². The summed E-state index contributed by atoms with van der Waals surface area (Å²) in [6.07, 6.45) is 1.76. The Balaban J connectivity index is 0.00000361. The Morgan fingerprint density at radius 2 is 1.90 bits per heavy atom. The molecule has 20 heavy (non-hydrogen) atoms. The molecule has 6 nitrogen and oxygen atoms in total. The maximum atomic E-state index is 12.2. The summed E-state index contributed by atoms with van der Waals surface area (Å²) in [5.74, 6) is -0.356. The topological polar surface area (TPSA) is 76.7 Å². The number of carbonyl (C=O) groups is 2. The molecule has 1 unspecified atom stereocenters. The third kappa shape index (κ3) is 6.07. The van der Waals surface area contributed by atoms with E-state index >= 15 is 0 Å². The minimum atomic E-state index is -0.718. The van der Waals surface area contributed by atoms with Crippen LogP contribution in [0.3, 0.4) is 0 Å². The van der Waals surface area contributed by atoms with E-state index in [4.69, 9.17) is 4.74 Å². The van der Waals surface area contributed by atoms with E-state index in [1.54, 1.807) is 14.0 Å². The van der Waals surface area contributed by atoms with Crippen molar-refractivity contribution in [2.75, 3.05) is 33.9 Å². The highest BCUT2D eigenvalue weighted by molar-refractivity contribution is 5.85. The predicted molar refractivity (Wildman–Crippen MR) is 77.9 cm³/mol. The van der Waals surface area contributed by atoms with Crippen LogP contribution in [0.15, 0.2) is 0 Å². The molecule has 0 bridgehead atoms. The molecule has 1 saturated heterocycles. The van der Waals surface area contributed by atoms with Crippen molar-refractivity contribution in [1.82, 2.24) is 10.6 Å². The number of esters is 1. The molecule has 0 saturated carbocycles. The standard InChI is InChI=1S/C13H24N2O4.ClH/c1-13(9-18-2,8-11(16)19-3)15-12(17)10-4-6-14-7-5-10;/h10,14H,4-9H2,1-3H3,(H,15,17);1H. The van der Waals surface area contributed by atoms with E-state index in [-0.39, 0.29) is 43.2 Å². The summed E-state index contributed by atoms with van der Waals surface area (Å²) in [4.78, 5) is 23.6. The number of methoxy groups -OCH3 is 2. The minimum absolute atomic E-state index is 0. The van der Waals surface area contributed by atoms with Gasteiger partial charge in [0, 0.05) is 13.0 Å². The zero-order chi connectivity index (χ0) is 14.3. The van der Waals surface area contributed by atoms with Gasteiger partial charge < -0.3 is 20.1 Å². The Morgan fingerprint density at radius 3 is 2.40 bits per heavy atom. The highest BCUT2D eigenvalue weighted by Gasteiger charge is 2.32. The van der Waals surface area contributed by atoms with Crippen molar-refractivity contribution in [2.24, 2.45) is 5.92 Å². The van der Waals surface area contributed by atoms with Gasteiger partial charge in [-0.1, -0.05) is 0 Å². The van der Waals surface area contributed by atoms with Crippen LogP contribution in [0, 0.1) is 5.92 Å². The molecule has 0 aromatic heterocycles. The van der Waals surface area contributed by atoms with Crippen LogP contribution < -0.4 is 10.6 Å². The monoisotopic (exact) mass is 308 g/mol. The zero-order valence-corrected chi connectivity index (χ0v) is 13.2. The van der Waals surface area contributed by atoms with E-state index in [0.29, 0.717) is 0 Å². The fourth-order valence-corrected chi connectivity index (χ4v) is 2.32. The molecule has 0 aliphatic carbocycles. The van der Waals surface area contributed by atoms with Crippen molar-refractivity contribution in [1.29, 1.82) is 0 Å². The fraction of sp³-hybridized carbons (Fsp3) is 0.846. The molecule has 0 aromatic rings. The molecule has 1 aliphatic heterocycles. The summed E-state index contributed by atoms with van der Waals surface area (Å²) in [5.41, 5.74) is -0.718. The van der Waals surface area contributed by atoms with E-state index in [0.717, 1.165) is 25.9 Å². The number of nitrogens with one attached hydrogen (secondary N) is 2. The first kappa shape index (κ1) is 19.1. The Bertz CT molecular complexity index is 321. The highest BCUT2D eigenvalue weighted by Crippen LogP contribution is 2.16. The van der Waals surface area contributed by atoms with Crippen molar-refractivity contribution in [2.45, 2.75) is 31.7 Å². The van der Waals surface area contributed by atoms with Gasteiger partial charge in [-0.05, 0) is 32.9 Å². The van der Waals surface area contributed by atoms with Gasteiger partial charge in [-0.3, -0.25) is 9.59 Å². The van der Waals surface area contributed by atoms with Gasteiger partial charge in [0.1, 0.15) is 0 Å². The molecule has 1 rings (SSSR count). The summed E-state index contributed by atoms with van der Waals surface area (Å²) in [6, 6.07) is 0. The predicted octanol–water partition coefficient (Wildman–Crippen LogP) is 0.492. The second-order valence-electron chi connectivity index (χ2n) is 5.26. The fourth-order valence-electron chi connectivity index (χ4n) is 2.32. The average molecular weight is 309 g/mol. The van der Waals surface area contributed by atoms with Crippen LogP contribution in [0.25, 0.3) is 0 Å². The maximum Gasteiger partial charge on any atom is 0.307 e. The lowest BCUT2D eigenvalue weighted by atomic mass is 9.93. The number of amides is 1. The summed E-state index contributed by atoms with van der Waals surface area (Å²) in [5, 5.41) is 6.16. The van der Waals surface area contributed by atoms with Crippen molar-refractivity contribution < 1.29 is 19.1 Å². The molecule has 1 fully saturated rings. The Labute approximate surface area is 126 Å². The molecule has 2 N–H and O–H groups in total. The number of rotatable bonds is 6. The van der Waals surface area contributed by atoms with E-state index in [1.165, 1.54) is 7.11 Å². The van der Waals surface area contributed by atoms with E-state index in [9.17, 15) is 9.59 Å². The van der Waals surface area contributed by atoms with Gasteiger partial charge >= 0.3 is 5.97 Å². The van der Waals surface area contributed by atoms with Gasteiger partial charge in [-0.25, -0.2) is 0 Å². The Hall–Kier alpha value is -0.850. The van der Waals surface area contributed by atoms with Crippen LogP contribution in [0.2, 0.25) is 0 Å². The maximum absolute atomic E-state index is 12.2. The van der Waals surface area contributed by atoms with Gasteiger partial charge in [0.25, 0.3) is 0 Å². The lowest BCUT2D eigenvalue weighted by molar-refractivity contribution is -0.143. The second kappa shape index (κ2) is 9.15. The van der Waals surface area contributed by atoms with E-state index in [1.807, 2.05) is 0 Å². The van der Waals surface area contributed by atoms with Crippen molar-refractivity contribution in [3.63, 3.8) is 0 Å². The smallest absolute Gasteiger partial charge is 0.307 e. The number of ether oxygens (including phenoxy) is 2. The molecular formula is C13H25ClN2O4. The Morgan fingerprint density at radius 1 is 1.30 bits per heavy atom. The van der Waals surface area contributed by atoms with Crippen LogP contribution in [-0.2, 0) is 19.1 Å². The SMILES string of the molecule is COCC(C)(CC(=O)OC)NC(=O)C1CCNCC1.Cl. The number of hydrogen-bond donors (Lipinski definition) is 2. The number of hydrogen-bond acceptors (Lipinski definition) is 5. The summed E-state index contributed by atoms with van der Waals surface area (Å²) < 4.78 is 9.77. The number of halogens is 1. The van der Waals surface area contributed by atoms with Gasteiger partial charge in [0.15, 0.2) is 0 Å². The molecule has 1 aliphatic rings. The zero-order valence-electron chi connectivity index (χ0n) is 12.4. The third-order valence-corrected chi connectivity index (χ3v) is 3.36. The molecule has 0 radical (unpaired) electrons. The molecule has 0 spiro atoms. The molecule has 1 heterocycles. The first-order chi connectivity index (χ1) is 9.00. The molecule has 1 atom stereocenters. The molecule has 0 aromatic carbocycles. The summed E-state index contributed by atoms with van der Waals surface area (Å²) in [7, 11) is 2.89. The van der Waals surface area contributed by atoms with E-state index < -0.39 is 5.54 Å². The highest BCUT2D eigenvalue weighted by atomic mass is 35.5. The van der Waals surface area contributed by atoms with Crippen LogP contribution in [0.4, 0.5) is 0 Å². The van der Waals surface area contributed by atoms with Crippen LogP contribution in [0.5, 0.6) is 0 Å². The minimum Gasteiger partial charge on any atom is -0.469 e. The first-order valence-corrected chi connectivity index (χ1v) is 6.59. The lowest BCUT2D eigenvalue weighted by Gasteiger charge is -2.32. The van der Waals surface area contributed by atoms with Gasteiger partial charge in [0.2, 0.25) is 5.91 Å². The first-order valence-electron chi connectivity index (χ1n) is 6.59. The summed E-state index contributed by atoms with van der Waals surface area (Å²) >= 11 is 0. The molecule has 118 valence electrons. The molecule has 1 amide bonds. The lowest BCUT2D eigenvalue weighted by Crippen LogP contribution is -2.53. The van der Waals surface area contributed by atoms with Gasteiger partial charge in [-0.15, -0.1) is 12.4 Å². The van der Waals surface area contributed by atoms with Gasteiger partial charge in [-0.2, -0.15) is 0 Å². The largest absolute Gasteiger partial charge is 0.469 e. The quantitative estimate of drug-likeness (QED) is 0.699. The van der Waals surface area contributed by atoms with Crippen LogP contribution >= 0.6 is 12.4 Å². The second-order valence-corrected chi connectivity index (χ2v) is 5.26. The van der Waals surface area contributed by atoms with Crippen molar-refractivity contribution in [3.05, 3.63) is 0 Å². The van der Waals surface area contributed by atoms with Crippen LogP contribution in [0.1, 0.15) is 26.2 Å². The number of piperidine rings is 1. The third-order valence-electron chi connectivity index (χ3n) is 3.36. The van der Waals surface area contributed by atoms with Crippen molar-refractivity contribution in [3.8, 4) is 0 Å². The summed E-state index contributed by atoms with van der Waals surface area (Å²) in [6.45, 7) is 3.79. The average Bonchev–Trinajstić information content (AvgIpc) is 2.39. The normalized spacial score (nSPS) is 18.6. The van der Waals surface area contributed by atoms with E-state index in [2.05, 4.69) is 15.4 Å². The van der Waals surface area contributed by atoms with Gasteiger partial charge in [0.05, 0.1) is 25.7 Å². The number of carbonyl (C=O) groups excluding carboxylic acids is 2.